The molecule has 2 rings (SSSR count). The summed E-state index contributed by atoms with van der Waals surface area (Å²) in [5, 5.41) is 3.23. The Kier molecular flexibility index (Phi) is 3.16. The van der Waals surface area contributed by atoms with E-state index in [-0.39, 0.29) is 0 Å². The molecule has 2 heterocycles. The van der Waals surface area contributed by atoms with Gasteiger partial charge in [0.15, 0.2) is 0 Å². The standard InChI is InChI=1S/C11H18N4/c1-9-3-5-13-11(14-9)15-6-4-10(8-15)7-12-2/h3,5,10,12H,4,6-8H2,1-2H3/t10-/m0/s1. The van der Waals surface area contributed by atoms with Gasteiger partial charge in [-0.25, -0.2) is 9.97 Å². The van der Waals surface area contributed by atoms with Crippen LogP contribution in [0, 0.1) is 12.8 Å². The Bertz CT molecular complexity index is 326. The molecule has 0 amide bonds. The van der Waals surface area contributed by atoms with Gasteiger partial charge >= 0.3 is 0 Å². The predicted octanol–water partition coefficient (Wildman–Crippen LogP) is 0.831. The first-order valence-corrected chi connectivity index (χ1v) is 5.49. The van der Waals surface area contributed by atoms with Gasteiger partial charge in [-0.05, 0) is 38.9 Å². The second kappa shape index (κ2) is 4.57. The molecule has 0 bridgehead atoms. The minimum absolute atomic E-state index is 0.735. The molecule has 4 nitrogen and oxygen atoms in total. The van der Waals surface area contributed by atoms with E-state index < -0.39 is 0 Å². The fourth-order valence-corrected chi connectivity index (χ4v) is 2.06. The highest BCUT2D eigenvalue weighted by Gasteiger charge is 2.23. The number of anilines is 1. The second-order valence-electron chi connectivity index (χ2n) is 4.16. The van der Waals surface area contributed by atoms with Crippen molar-refractivity contribution < 1.29 is 0 Å². The van der Waals surface area contributed by atoms with Crippen molar-refractivity contribution in [3.05, 3.63) is 18.0 Å². The molecule has 0 radical (unpaired) electrons. The Hall–Kier alpha value is -1.16. The van der Waals surface area contributed by atoms with Crippen LogP contribution < -0.4 is 10.2 Å². The first-order valence-electron chi connectivity index (χ1n) is 5.49. The van der Waals surface area contributed by atoms with Gasteiger partial charge in [0.05, 0.1) is 0 Å². The van der Waals surface area contributed by atoms with Gasteiger partial charge in [0.1, 0.15) is 0 Å². The summed E-state index contributed by atoms with van der Waals surface area (Å²) < 4.78 is 0. The number of nitrogens with one attached hydrogen (secondary N) is 1. The quantitative estimate of drug-likeness (QED) is 0.795. The molecule has 4 heteroatoms. The molecule has 1 aromatic rings. The molecular weight excluding hydrogens is 188 g/mol. The molecule has 1 aliphatic heterocycles. The van der Waals surface area contributed by atoms with Crippen molar-refractivity contribution in [3.63, 3.8) is 0 Å². The zero-order valence-electron chi connectivity index (χ0n) is 9.40. The molecule has 0 unspecified atom stereocenters. The number of hydrogen-bond acceptors (Lipinski definition) is 4. The van der Waals surface area contributed by atoms with E-state index in [4.69, 9.17) is 0 Å². The van der Waals surface area contributed by atoms with Gasteiger partial charge in [0.25, 0.3) is 0 Å². The lowest BCUT2D eigenvalue weighted by atomic mass is 10.1. The van der Waals surface area contributed by atoms with Crippen LogP contribution in [-0.4, -0.2) is 36.6 Å². The molecule has 1 N–H and O–H groups in total. The molecule has 0 aromatic carbocycles. The zero-order valence-corrected chi connectivity index (χ0v) is 9.40. The lowest BCUT2D eigenvalue weighted by Crippen LogP contribution is -2.25. The Morgan fingerprint density at radius 2 is 2.47 bits per heavy atom. The molecule has 1 aromatic heterocycles. The van der Waals surface area contributed by atoms with Crippen LogP contribution >= 0.6 is 0 Å². The number of nitrogens with zero attached hydrogens (tertiary/aromatic N) is 3. The topological polar surface area (TPSA) is 41.0 Å². The number of hydrogen-bond donors (Lipinski definition) is 1. The minimum atomic E-state index is 0.735. The molecule has 1 atom stereocenters. The van der Waals surface area contributed by atoms with Crippen LogP contribution in [0.1, 0.15) is 12.1 Å². The number of rotatable bonds is 3. The Labute approximate surface area is 90.7 Å². The first kappa shape index (κ1) is 10.4. The Morgan fingerprint density at radius 3 is 3.20 bits per heavy atom. The normalized spacial score (nSPS) is 20.9. The van der Waals surface area contributed by atoms with E-state index in [9.17, 15) is 0 Å². The van der Waals surface area contributed by atoms with E-state index in [1.807, 2.05) is 26.2 Å². The summed E-state index contributed by atoms with van der Waals surface area (Å²) in [4.78, 5) is 11.0. The minimum Gasteiger partial charge on any atom is -0.340 e. The largest absolute Gasteiger partial charge is 0.340 e. The van der Waals surface area contributed by atoms with E-state index in [1.54, 1.807) is 0 Å². The lowest BCUT2D eigenvalue weighted by Gasteiger charge is -2.16. The van der Waals surface area contributed by atoms with Crippen LogP contribution in [0.25, 0.3) is 0 Å². The average Bonchev–Trinajstić information content (AvgIpc) is 2.67. The molecule has 1 fully saturated rings. The molecule has 0 aliphatic carbocycles. The molecule has 0 saturated carbocycles. The van der Waals surface area contributed by atoms with Crippen molar-refractivity contribution in [1.29, 1.82) is 0 Å². The maximum Gasteiger partial charge on any atom is 0.225 e. The van der Waals surface area contributed by atoms with Crippen molar-refractivity contribution in [2.24, 2.45) is 5.92 Å². The van der Waals surface area contributed by atoms with Crippen molar-refractivity contribution in [1.82, 2.24) is 15.3 Å². The van der Waals surface area contributed by atoms with Gasteiger partial charge in [0.2, 0.25) is 5.95 Å². The van der Waals surface area contributed by atoms with Crippen molar-refractivity contribution in [2.75, 3.05) is 31.6 Å². The zero-order chi connectivity index (χ0) is 10.7. The fourth-order valence-electron chi connectivity index (χ4n) is 2.06. The van der Waals surface area contributed by atoms with Crippen molar-refractivity contribution in [3.8, 4) is 0 Å². The Morgan fingerprint density at radius 1 is 1.60 bits per heavy atom. The highest BCUT2D eigenvalue weighted by Crippen LogP contribution is 2.19. The summed E-state index contributed by atoms with van der Waals surface area (Å²) in [6, 6.07) is 1.94. The fraction of sp³-hybridized carbons (Fsp3) is 0.636. The Balaban J connectivity index is 2.01. The summed E-state index contributed by atoms with van der Waals surface area (Å²) >= 11 is 0. The van der Waals surface area contributed by atoms with Crippen molar-refractivity contribution >= 4 is 5.95 Å². The lowest BCUT2D eigenvalue weighted by molar-refractivity contribution is 0.548. The van der Waals surface area contributed by atoms with Crippen LogP contribution in [0.2, 0.25) is 0 Å². The molecule has 15 heavy (non-hydrogen) atoms. The number of aryl methyl sites for hydroxylation is 1. The smallest absolute Gasteiger partial charge is 0.225 e. The van der Waals surface area contributed by atoms with E-state index in [0.29, 0.717) is 0 Å². The van der Waals surface area contributed by atoms with Crippen LogP contribution in [0.5, 0.6) is 0 Å². The summed E-state index contributed by atoms with van der Waals surface area (Å²) in [7, 11) is 2.01. The third-order valence-corrected chi connectivity index (χ3v) is 2.84. The molecule has 1 aliphatic rings. The monoisotopic (exact) mass is 206 g/mol. The van der Waals surface area contributed by atoms with Gasteiger partial charge < -0.3 is 10.2 Å². The summed E-state index contributed by atoms with van der Waals surface area (Å²) in [5.41, 5.74) is 1.04. The van der Waals surface area contributed by atoms with E-state index in [1.165, 1.54) is 6.42 Å². The van der Waals surface area contributed by atoms with Crippen LogP contribution in [0.15, 0.2) is 12.3 Å². The first-order chi connectivity index (χ1) is 7.29. The van der Waals surface area contributed by atoms with Gasteiger partial charge in [-0.1, -0.05) is 0 Å². The summed E-state index contributed by atoms with van der Waals surface area (Å²) in [5.74, 6) is 1.62. The van der Waals surface area contributed by atoms with E-state index in [0.717, 1.165) is 37.2 Å². The van der Waals surface area contributed by atoms with Crippen LogP contribution in [0.4, 0.5) is 5.95 Å². The highest BCUT2D eigenvalue weighted by molar-refractivity contribution is 5.31. The number of aromatic nitrogens is 2. The SMILES string of the molecule is CNC[C@@H]1CCN(c2nccc(C)n2)C1. The third-order valence-electron chi connectivity index (χ3n) is 2.84. The van der Waals surface area contributed by atoms with Gasteiger partial charge in [0, 0.05) is 25.0 Å². The molecule has 0 spiro atoms. The van der Waals surface area contributed by atoms with Crippen LogP contribution in [0.3, 0.4) is 0 Å². The summed E-state index contributed by atoms with van der Waals surface area (Å²) in [6.45, 7) is 5.24. The van der Waals surface area contributed by atoms with Crippen LogP contribution in [-0.2, 0) is 0 Å². The summed E-state index contributed by atoms with van der Waals surface area (Å²) in [6.07, 6.45) is 3.07. The second-order valence-corrected chi connectivity index (χ2v) is 4.16. The maximum absolute atomic E-state index is 4.44. The van der Waals surface area contributed by atoms with Gasteiger partial charge in [-0.15, -0.1) is 0 Å². The predicted molar refractivity (Wildman–Crippen MR) is 61.0 cm³/mol. The van der Waals surface area contributed by atoms with Crippen molar-refractivity contribution in [2.45, 2.75) is 13.3 Å². The van der Waals surface area contributed by atoms with E-state index in [2.05, 4.69) is 20.2 Å². The molecular formula is C11H18N4. The maximum atomic E-state index is 4.44. The molecule has 82 valence electrons. The van der Waals surface area contributed by atoms with E-state index >= 15 is 0 Å². The third kappa shape index (κ3) is 2.45. The highest BCUT2D eigenvalue weighted by atomic mass is 15.3. The molecule has 1 saturated heterocycles. The van der Waals surface area contributed by atoms with Gasteiger partial charge in [-0.3, -0.25) is 0 Å². The van der Waals surface area contributed by atoms with Gasteiger partial charge in [-0.2, -0.15) is 0 Å². The average molecular weight is 206 g/mol.